The van der Waals surface area contributed by atoms with E-state index >= 15 is 0 Å². The van der Waals surface area contributed by atoms with Crippen LogP contribution in [0.4, 0.5) is 4.39 Å². The molecule has 2 aromatic carbocycles. The van der Waals surface area contributed by atoms with Gasteiger partial charge in [0.25, 0.3) is 0 Å². The first-order valence-electron chi connectivity index (χ1n) is 10.4. The van der Waals surface area contributed by atoms with E-state index in [2.05, 4.69) is 5.16 Å². The molecule has 31 heavy (non-hydrogen) atoms. The second-order valence-corrected chi connectivity index (χ2v) is 8.00. The van der Waals surface area contributed by atoms with Gasteiger partial charge in [-0.05, 0) is 30.2 Å². The number of rotatable bonds is 9. The monoisotopic (exact) mass is 428 g/mol. The zero-order chi connectivity index (χ0) is 22.4. The fourth-order valence-electron chi connectivity index (χ4n) is 3.52. The van der Waals surface area contributed by atoms with E-state index in [1.54, 1.807) is 37.3 Å². The van der Waals surface area contributed by atoms with Gasteiger partial charge in [0.05, 0.1) is 26.5 Å². The number of methoxy groups -OCH3 is 2. The molecular formula is C24H29FN2O4. The molecule has 0 spiro atoms. The van der Waals surface area contributed by atoms with Crippen LogP contribution in [-0.4, -0.2) is 43.4 Å². The van der Waals surface area contributed by atoms with Crippen molar-refractivity contribution in [2.45, 2.75) is 39.3 Å². The third-order valence-electron chi connectivity index (χ3n) is 5.13. The molecule has 2 aromatic rings. The van der Waals surface area contributed by atoms with Crippen molar-refractivity contribution in [2.75, 3.05) is 20.8 Å². The average molecular weight is 429 g/mol. The summed E-state index contributed by atoms with van der Waals surface area (Å²) in [6.07, 6.45) is 0.633. The molecule has 0 aromatic heterocycles. The lowest BCUT2D eigenvalue weighted by Gasteiger charge is -2.26. The SMILES string of the molecule is COc1ccc(C2=NO[C@@H](CN(Cc3ccccc3F)C(=O)CC(C)C)C2)cc1OC. The molecule has 1 atom stereocenters. The predicted molar refractivity (Wildman–Crippen MR) is 117 cm³/mol. The molecule has 0 radical (unpaired) electrons. The highest BCUT2D eigenvalue weighted by atomic mass is 19.1. The largest absolute Gasteiger partial charge is 0.493 e. The maximum absolute atomic E-state index is 14.2. The third-order valence-corrected chi connectivity index (χ3v) is 5.13. The van der Waals surface area contributed by atoms with Gasteiger partial charge in [0, 0.05) is 30.5 Å². The number of carbonyl (C=O) groups is 1. The second kappa shape index (κ2) is 10.3. The van der Waals surface area contributed by atoms with Crippen LogP contribution >= 0.6 is 0 Å². The van der Waals surface area contributed by atoms with Gasteiger partial charge in [-0.1, -0.05) is 37.2 Å². The minimum atomic E-state index is -0.320. The Labute approximate surface area is 182 Å². The topological polar surface area (TPSA) is 60.4 Å². The van der Waals surface area contributed by atoms with E-state index in [9.17, 15) is 9.18 Å². The number of oxime groups is 1. The zero-order valence-electron chi connectivity index (χ0n) is 18.4. The lowest BCUT2D eigenvalue weighted by Crippen LogP contribution is -2.38. The Bertz CT molecular complexity index is 945. The summed E-state index contributed by atoms with van der Waals surface area (Å²) in [6.45, 7) is 4.51. The second-order valence-electron chi connectivity index (χ2n) is 8.00. The van der Waals surface area contributed by atoms with E-state index in [1.165, 1.54) is 6.07 Å². The van der Waals surface area contributed by atoms with Crippen LogP contribution in [-0.2, 0) is 16.2 Å². The fraction of sp³-hybridized carbons (Fsp3) is 0.417. The molecule has 0 unspecified atom stereocenters. The van der Waals surface area contributed by atoms with Crippen LogP contribution in [0.2, 0.25) is 0 Å². The van der Waals surface area contributed by atoms with Gasteiger partial charge in [0.1, 0.15) is 5.82 Å². The maximum Gasteiger partial charge on any atom is 0.223 e. The molecule has 1 heterocycles. The summed E-state index contributed by atoms with van der Waals surface area (Å²) in [6, 6.07) is 12.1. The predicted octanol–water partition coefficient (Wildman–Crippen LogP) is 4.41. The standard InChI is InChI=1S/C24H29FN2O4/c1-16(2)11-24(28)27(14-18-7-5-6-8-20(18)25)15-19-13-21(26-31-19)17-9-10-22(29-3)23(12-17)30-4/h5-10,12,16,19H,11,13-15H2,1-4H3/t19-/m1/s1. The van der Waals surface area contributed by atoms with Gasteiger partial charge in [0.15, 0.2) is 17.6 Å². The van der Waals surface area contributed by atoms with E-state index in [0.717, 1.165) is 11.3 Å². The van der Waals surface area contributed by atoms with Gasteiger partial charge in [0.2, 0.25) is 5.91 Å². The molecule has 0 aliphatic carbocycles. The molecule has 0 saturated carbocycles. The normalized spacial score (nSPS) is 15.4. The van der Waals surface area contributed by atoms with Crippen LogP contribution in [0.5, 0.6) is 11.5 Å². The van der Waals surface area contributed by atoms with E-state index < -0.39 is 0 Å². The number of hydrogen-bond donors (Lipinski definition) is 0. The quantitative estimate of drug-likeness (QED) is 0.594. The van der Waals surface area contributed by atoms with Crippen molar-refractivity contribution in [1.82, 2.24) is 4.90 Å². The van der Waals surface area contributed by atoms with Gasteiger partial charge < -0.3 is 19.2 Å². The maximum atomic E-state index is 14.2. The average Bonchev–Trinajstić information content (AvgIpc) is 3.22. The third kappa shape index (κ3) is 5.75. The lowest BCUT2D eigenvalue weighted by molar-refractivity contribution is -0.134. The van der Waals surface area contributed by atoms with E-state index in [-0.39, 0.29) is 30.3 Å². The molecule has 1 amide bonds. The summed E-state index contributed by atoms with van der Waals surface area (Å²) < 4.78 is 24.8. The summed E-state index contributed by atoms with van der Waals surface area (Å²) in [5, 5.41) is 4.22. The van der Waals surface area contributed by atoms with Gasteiger partial charge in [-0.3, -0.25) is 4.79 Å². The summed E-state index contributed by atoms with van der Waals surface area (Å²) in [4.78, 5) is 20.1. The van der Waals surface area contributed by atoms with Crippen LogP contribution in [0.25, 0.3) is 0 Å². The molecule has 0 saturated heterocycles. The van der Waals surface area contributed by atoms with Crippen molar-refractivity contribution >= 4 is 11.6 Å². The Morgan fingerprint density at radius 1 is 1.19 bits per heavy atom. The van der Waals surface area contributed by atoms with Crippen LogP contribution in [0.1, 0.15) is 37.8 Å². The van der Waals surface area contributed by atoms with Crippen molar-refractivity contribution in [3.63, 3.8) is 0 Å². The van der Waals surface area contributed by atoms with Crippen LogP contribution in [0.15, 0.2) is 47.6 Å². The van der Waals surface area contributed by atoms with Crippen molar-refractivity contribution in [3.8, 4) is 11.5 Å². The van der Waals surface area contributed by atoms with E-state index in [1.807, 2.05) is 32.0 Å². The Kier molecular flexibility index (Phi) is 7.50. The summed E-state index contributed by atoms with van der Waals surface area (Å²) in [5.74, 6) is 1.11. The smallest absolute Gasteiger partial charge is 0.223 e. The molecule has 0 bridgehead atoms. The molecule has 6 nitrogen and oxygen atoms in total. The van der Waals surface area contributed by atoms with E-state index in [4.69, 9.17) is 14.3 Å². The highest BCUT2D eigenvalue weighted by Crippen LogP contribution is 2.29. The van der Waals surface area contributed by atoms with Gasteiger partial charge in [-0.2, -0.15) is 0 Å². The molecular weight excluding hydrogens is 399 g/mol. The van der Waals surface area contributed by atoms with Gasteiger partial charge in [-0.15, -0.1) is 0 Å². The summed E-state index contributed by atoms with van der Waals surface area (Å²) in [5.41, 5.74) is 2.13. The lowest BCUT2D eigenvalue weighted by atomic mass is 10.0. The molecule has 1 aliphatic rings. The molecule has 7 heteroatoms. The highest BCUT2D eigenvalue weighted by Gasteiger charge is 2.28. The summed E-state index contributed by atoms with van der Waals surface area (Å²) >= 11 is 0. The van der Waals surface area contributed by atoms with Gasteiger partial charge >= 0.3 is 0 Å². The number of hydrogen-bond acceptors (Lipinski definition) is 5. The first-order chi connectivity index (χ1) is 14.9. The Morgan fingerprint density at radius 2 is 1.94 bits per heavy atom. The highest BCUT2D eigenvalue weighted by molar-refractivity contribution is 6.01. The first kappa shape index (κ1) is 22.6. The first-order valence-corrected chi connectivity index (χ1v) is 10.4. The molecule has 1 aliphatic heterocycles. The van der Waals surface area contributed by atoms with Crippen molar-refractivity contribution in [3.05, 3.63) is 59.4 Å². The number of nitrogens with zero attached hydrogens (tertiary/aromatic N) is 2. The minimum absolute atomic E-state index is 0.0265. The summed E-state index contributed by atoms with van der Waals surface area (Å²) in [7, 11) is 3.17. The minimum Gasteiger partial charge on any atom is -0.493 e. The number of ether oxygens (including phenoxy) is 2. The molecule has 166 valence electrons. The fourth-order valence-corrected chi connectivity index (χ4v) is 3.52. The molecule has 0 N–H and O–H groups in total. The van der Waals surface area contributed by atoms with Gasteiger partial charge in [-0.25, -0.2) is 4.39 Å². The zero-order valence-corrected chi connectivity index (χ0v) is 18.4. The number of benzene rings is 2. The van der Waals surface area contributed by atoms with Crippen molar-refractivity contribution in [1.29, 1.82) is 0 Å². The molecule has 0 fully saturated rings. The Hall–Kier alpha value is -3.09. The number of amides is 1. The number of carbonyl (C=O) groups excluding carboxylic acids is 1. The Morgan fingerprint density at radius 3 is 2.61 bits per heavy atom. The van der Waals surface area contributed by atoms with Crippen molar-refractivity contribution < 1.29 is 23.5 Å². The van der Waals surface area contributed by atoms with Crippen LogP contribution < -0.4 is 9.47 Å². The number of halogens is 1. The molecule has 3 rings (SSSR count). The van der Waals surface area contributed by atoms with Crippen molar-refractivity contribution in [2.24, 2.45) is 11.1 Å². The van der Waals surface area contributed by atoms with Crippen LogP contribution in [0.3, 0.4) is 0 Å². The van der Waals surface area contributed by atoms with E-state index in [0.29, 0.717) is 36.4 Å². The van der Waals surface area contributed by atoms with Crippen LogP contribution in [0, 0.1) is 11.7 Å². The Balaban J connectivity index is 1.71.